The van der Waals surface area contributed by atoms with Crippen LogP contribution in [-0.4, -0.2) is 32.1 Å². The molecule has 1 aliphatic rings. The fourth-order valence-electron chi connectivity index (χ4n) is 3.21. The maximum absolute atomic E-state index is 12.9. The molecule has 1 unspecified atom stereocenters. The van der Waals surface area contributed by atoms with Crippen LogP contribution in [0.25, 0.3) is 0 Å². The van der Waals surface area contributed by atoms with E-state index in [0.717, 1.165) is 37.1 Å². The Morgan fingerprint density at radius 3 is 2.50 bits per heavy atom. The summed E-state index contributed by atoms with van der Waals surface area (Å²) in [6, 6.07) is 12.3. The first kappa shape index (κ1) is 18.4. The van der Waals surface area contributed by atoms with E-state index >= 15 is 0 Å². The fraction of sp³-hybridized carbons (Fsp3) is 0.316. The highest BCUT2D eigenvalue weighted by atomic mass is 16.8. The van der Waals surface area contributed by atoms with Crippen LogP contribution >= 0.6 is 0 Å². The molecule has 3 N–H and O–H groups in total. The van der Waals surface area contributed by atoms with Gasteiger partial charge in [0, 0.05) is 36.6 Å². The summed E-state index contributed by atoms with van der Waals surface area (Å²) in [7, 11) is 1.98. The number of hydrogen-bond donors (Lipinski definition) is 3. The maximum atomic E-state index is 12.9. The number of quaternary nitrogens is 1. The molecule has 0 radical (unpaired) electrons. The monoisotopic (exact) mass is 353 g/mol. The van der Waals surface area contributed by atoms with Gasteiger partial charge in [-0.05, 0) is 37.0 Å². The SMILES string of the molecule is Bc1ccc(NC(=O)c2cc([NH+]([O-])O)ccc2N2CCC(C)CC2)cc1. The number of hydrogen-bond acceptors (Lipinski definition) is 4. The van der Waals surface area contributed by atoms with Gasteiger partial charge < -0.3 is 15.4 Å². The molecule has 1 heterocycles. The summed E-state index contributed by atoms with van der Waals surface area (Å²) in [5.74, 6) is 0.389. The summed E-state index contributed by atoms with van der Waals surface area (Å²) in [4.78, 5) is 15.0. The standard InChI is InChI=1S/C19H24BN3O3/c1-13-8-10-22(11-9-13)18-7-6-16(23(25)26)12-17(18)19(24)21-15-4-2-14(20)3-5-15/h2-7,12-13,23,25H,8-11,20H2,1H3,(H,21,24). The molecule has 1 atom stereocenters. The molecule has 2 aromatic rings. The highest BCUT2D eigenvalue weighted by molar-refractivity contribution is 6.32. The number of nitrogens with one attached hydrogen (secondary N) is 2. The van der Waals surface area contributed by atoms with Crippen molar-refractivity contribution in [2.24, 2.45) is 5.92 Å². The van der Waals surface area contributed by atoms with Gasteiger partial charge in [-0.15, -0.1) is 0 Å². The van der Waals surface area contributed by atoms with Gasteiger partial charge in [0.25, 0.3) is 5.91 Å². The van der Waals surface area contributed by atoms with E-state index in [0.29, 0.717) is 17.2 Å². The molecule has 0 spiro atoms. The molecule has 1 amide bonds. The molecule has 2 aromatic carbocycles. The van der Waals surface area contributed by atoms with Crippen LogP contribution in [0.4, 0.5) is 17.1 Å². The van der Waals surface area contributed by atoms with Crippen molar-refractivity contribution < 1.29 is 15.2 Å². The molecule has 136 valence electrons. The third kappa shape index (κ3) is 4.24. The lowest BCUT2D eigenvalue weighted by atomic mass is 9.96. The maximum Gasteiger partial charge on any atom is 0.258 e. The van der Waals surface area contributed by atoms with Gasteiger partial charge in [0.2, 0.25) is 0 Å². The van der Waals surface area contributed by atoms with Crippen molar-refractivity contribution in [1.29, 1.82) is 0 Å². The molecule has 3 rings (SSSR count). The predicted octanol–water partition coefficient (Wildman–Crippen LogP) is 0.837. The summed E-state index contributed by atoms with van der Waals surface area (Å²) in [5.41, 5.74) is 3.12. The van der Waals surface area contributed by atoms with Crippen molar-refractivity contribution in [2.45, 2.75) is 19.8 Å². The van der Waals surface area contributed by atoms with Crippen LogP contribution in [-0.2, 0) is 0 Å². The Balaban J connectivity index is 1.90. The minimum atomic E-state index is -1.03. The topological polar surface area (TPSA) is 80.1 Å². The third-order valence-electron chi connectivity index (χ3n) is 4.92. The van der Waals surface area contributed by atoms with Crippen molar-refractivity contribution in [2.75, 3.05) is 23.3 Å². The van der Waals surface area contributed by atoms with E-state index in [1.54, 1.807) is 12.1 Å². The predicted molar refractivity (Wildman–Crippen MR) is 105 cm³/mol. The number of rotatable bonds is 4. The van der Waals surface area contributed by atoms with Gasteiger partial charge in [0.1, 0.15) is 7.85 Å². The molecule has 1 fully saturated rings. The molecule has 0 saturated carbocycles. The zero-order valence-electron chi connectivity index (χ0n) is 15.2. The lowest BCUT2D eigenvalue weighted by Gasteiger charge is -2.33. The minimum absolute atomic E-state index is 0.119. The highest BCUT2D eigenvalue weighted by Gasteiger charge is 2.22. The normalized spacial score (nSPS) is 16.3. The Labute approximate surface area is 154 Å². The lowest BCUT2D eigenvalue weighted by Crippen LogP contribution is -2.99. The molecule has 0 aliphatic carbocycles. The van der Waals surface area contributed by atoms with Crippen LogP contribution < -0.4 is 20.9 Å². The van der Waals surface area contributed by atoms with Crippen LogP contribution in [0.2, 0.25) is 0 Å². The van der Waals surface area contributed by atoms with Crippen molar-refractivity contribution in [3.8, 4) is 0 Å². The number of anilines is 2. The summed E-state index contributed by atoms with van der Waals surface area (Å²) >= 11 is 0. The second kappa shape index (κ2) is 7.91. The van der Waals surface area contributed by atoms with Gasteiger partial charge in [-0.25, -0.2) is 5.21 Å². The van der Waals surface area contributed by atoms with Crippen molar-refractivity contribution in [3.05, 3.63) is 53.2 Å². The van der Waals surface area contributed by atoms with Gasteiger partial charge >= 0.3 is 0 Å². The van der Waals surface area contributed by atoms with Gasteiger partial charge in [-0.1, -0.05) is 24.5 Å². The summed E-state index contributed by atoms with van der Waals surface area (Å²) in [6.07, 6.45) is 2.14. The number of nitrogens with zero attached hydrogens (tertiary/aromatic N) is 1. The second-order valence-electron chi connectivity index (χ2n) is 7.03. The van der Waals surface area contributed by atoms with E-state index in [4.69, 9.17) is 0 Å². The van der Waals surface area contributed by atoms with Crippen molar-refractivity contribution in [3.63, 3.8) is 0 Å². The quantitative estimate of drug-likeness (QED) is 0.562. The fourth-order valence-corrected chi connectivity index (χ4v) is 3.21. The molecular weight excluding hydrogens is 329 g/mol. The van der Waals surface area contributed by atoms with Crippen LogP contribution in [0.3, 0.4) is 0 Å². The van der Waals surface area contributed by atoms with E-state index in [2.05, 4.69) is 17.1 Å². The number of piperidine rings is 1. The second-order valence-corrected chi connectivity index (χ2v) is 7.03. The van der Waals surface area contributed by atoms with Crippen LogP contribution in [0.5, 0.6) is 0 Å². The average Bonchev–Trinajstić information content (AvgIpc) is 2.63. The molecule has 0 bridgehead atoms. The molecule has 1 saturated heterocycles. The van der Waals surface area contributed by atoms with Crippen molar-refractivity contribution >= 4 is 36.3 Å². The van der Waals surface area contributed by atoms with E-state index in [9.17, 15) is 15.2 Å². The van der Waals surface area contributed by atoms with Crippen LogP contribution in [0.15, 0.2) is 42.5 Å². The zero-order valence-corrected chi connectivity index (χ0v) is 15.2. The van der Waals surface area contributed by atoms with Gasteiger partial charge in [0.05, 0.1) is 5.56 Å². The Kier molecular flexibility index (Phi) is 5.61. The summed E-state index contributed by atoms with van der Waals surface area (Å²) in [6.45, 7) is 3.98. The zero-order chi connectivity index (χ0) is 18.7. The molecule has 26 heavy (non-hydrogen) atoms. The Morgan fingerprint density at radius 2 is 1.88 bits per heavy atom. The Morgan fingerprint density at radius 1 is 1.23 bits per heavy atom. The Bertz CT molecular complexity index is 772. The smallest absolute Gasteiger partial charge is 0.258 e. The molecule has 1 aliphatic heterocycles. The van der Waals surface area contributed by atoms with E-state index in [1.165, 1.54) is 6.07 Å². The third-order valence-corrected chi connectivity index (χ3v) is 4.92. The molecule has 6 nitrogen and oxygen atoms in total. The number of carbonyl (C=O) groups excluding carboxylic acids is 1. The Hall–Kier alpha value is -2.35. The van der Waals surface area contributed by atoms with Gasteiger partial charge in [-0.3, -0.25) is 4.79 Å². The summed E-state index contributed by atoms with van der Waals surface area (Å²) < 4.78 is 0. The number of amides is 1. The van der Waals surface area contributed by atoms with E-state index < -0.39 is 5.23 Å². The summed E-state index contributed by atoms with van der Waals surface area (Å²) in [5, 5.41) is 22.5. The minimum Gasteiger partial charge on any atom is -0.595 e. The molecule has 7 heteroatoms. The van der Waals surface area contributed by atoms with Crippen LogP contribution in [0.1, 0.15) is 30.1 Å². The molecular formula is C19H24BN3O3. The number of carbonyl (C=O) groups is 1. The first-order valence-corrected chi connectivity index (χ1v) is 8.94. The lowest BCUT2D eigenvalue weighted by molar-refractivity contribution is -0.991. The van der Waals surface area contributed by atoms with E-state index in [1.807, 2.05) is 32.1 Å². The number of benzene rings is 2. The van der Waals surface area contributed by atoms with Gasteiger partial charge in [0.15, 0.2) is 5.69 Å². The van der Waals surface area contributed by atoms with Gasteiger partial charge in [-0.2, -0.15) is 5.23 Å². The van der Waals surface area contributed by atoms with E-state index in [-0.39, 0.29) is 11.6 Å². The highest BCUT2D eigenvalue weighted by Crippen LogP contribution is 2.28. The average molecular weight is 353 g/mol. The first-order valence-electron chi connectivity index (χ1n) is 8.94. The first-order chi connectivity index (χ1) is 12.4. The largest absolute Gasteiger partial charge is 0.595 e. The van der Waals surface area contributed by atoms with Crippen molar-refractivity contribution in [1.82, 2.24) is 0 Å². The molecule has 0 aromatic heterocycles. The van der Waals surface area contributed by atoms with Crippen LogP contribution in [0, 0.1) is 11.1 Å².